The van der Waals surface area contributed by atoms with E-state index >= 15 is 0 Å². The summed E-state index contributed by atoms with van der Waals surface area (Å²) < 4.78 is 0. The molecular weight excluding hydrogens is 232 g/mol. The molecule has 0 aliphatic heterocycles. The molecule has 0 radical (unpaired) electrons. The van der Waals surface area contributed by atoms with Gasteiger partial charge in [0.2, 0.25) is 0 Å². The molecule has 18 heavy (non-hydrogen) atoms. The summed E-state index contributed by atoms with van der Waals surface area (Å²) in [4.78, 5) is 24.6. The minimum atomic E-state index is -0.969. The lowest BCUT2D eigenvalue weighted by molar-refractivity contribution is -0.139. The fraction of sp³-hybridized carbons (Fsp3) is 0.846. The zero-order valence-corrected chi connectivity index (χ0v) is 11.9. The summed E-state index contributed by atoms with van der Waals surface area (Å²) in [5, 5.41) is 11.7. The number of carbonyl (C=O) groups is 2. The minimum absolute atomic E-state index is 0.233. The van der Waals surface area contributed by atoms with Gasteiger partial charge in [0.1, 0.15) is 6.04 Å². The second-order valence-corrected chi connectivity index (χ2v) is 4.90. The van der Waals surface area contributed by atoms with Gasteiger partial charge in [0, 0.05) is 13.1 Å². The summed E-state index contributed by atoms with van der Waals surface area (Å²) in [5.41, 5.74) is 0. The summed E-state index contributed by atoms with van der Waals surface area (Å²) in [6, 6.07) is -1.08. The molecule has 0 rings (SSSR count). The molecule has 1 unspecified atom stereocenters. The first-order chi connectivity index (χ1) is 8.42. The van der Waals surface area contributed by atoms with Gasteiger partial charge in [-0.3, -0.25) is 0 Å². The SMILES string of the molecule is CCCCN(CC)C(=O)NC(CC(C)C)C(=O)O. The summed E-state index contributed by atoms with van der Waals surface area (Å²) in [6.07, 6.45) is 2.40. The largest absolute Gasteiger partial charge is 0.480 e. The van der Waals surface area contributed by atoms with Crippen LogP contribution >= 0.6 is 0 Å². The number of unbranched alkanes of at least 4 members (excludes halogenated alkanes) is 1. The summed E-state index contributed by atoms with van der Waals surface area (Å²) in [7, 11) is 0. The van der Waals surface area contributed by atoms with Gasteiger partial charge in [-0.05, 0) is 25.7 Å². The lowest BCUT2D eigenvalue weighted by Crippen LogP contribution is -2.48. The third-order valence-corrected chi connectivity index (χ3v) is 2.75. The third kappa shape index (κ3) is 6.47. The highest BCUT2D eigenvalue weighted by atomic mass is 16.4. The summed E-state index contributed by atoms with van der Waals surface area (Å²) >= 11 is 0. The van der Waals surface area contributed by atoms with Crippen molar-refractivity contribution in [2.75, 3.05) is 13.1 Å². The van der Waals surface area contributed by atoms with Crippen LogP contribution in [0, 0.1) is 5.92 Å². The standard InChI is InChI=1S/C13H26N2O3/c1-5-7-8-15(6-2)13(18)14-11(12(16)17)9-10(3)4/h10-11H,5-9H2,1-4H3,(H,14,18)(H,16,17). The lowest BCUT2D eigenvalue weighted by atomic mass is 10.0. The molecule has 0 aromatic heterocycles. The molecule has 0 bridgehead atoms. The topological polar surface area (TPSA) is 69.6 Å². The van der Waals surface area contributed by atoms with Crippen molar-refractivity contribution in [1.82, 2.24) is 10.2 Å². The maximum atomic E-state index is 11.9. The number of nitrogens with one attached hydrogen (secondary N) is 1. The maximum Gasteiger partial charge on any atom is 0.326 e. The molecule has 2 amide bonds. The van der Waals surface area contributed by atoms with Gasteiger partial charge in [0.25, 0.3) is 0 Å². The predicted molar refractivity (Wildman–Crippen MR) is 71.6 cm³/mol. The number of hydrogen-bond acceptors (Lipinski definition) is 2. The Kier molecular flexibility index (Phi) is 8.16. The zero-order valence-electron chi connectivity index (χ0n) is 11.9. The molecule has 0 aromatic carbocycles. The molecule has 2 N–H and O–H groups in total. The summed E-state index contributed by atoms with van der Waals surface area (Å²) in [6.45, 7) is 9.11. The van der Waals surface area contributed by atoms with Crippen molar-refractivity contribution in [3.05, 3.63) is 0 Å². The van der Waals surface area contributed by atoms with Crippen LogP contribution in [0.1, 0.15) is 47.0 Å². The molecule has 0 aliphatic carbocycles. The molecule has 0 aliphatic rings. The molecule has 5 nitrogen and oxygen atoms in total. The van der Waals surface area contributed by atoms with E-state index in [4.69, 9.17) is 5.11 Å². The summed E-state index contributed by atoms with van der Waals surface area (Å²) in [5.74, 6) is -0.735. The number of nitrogens with zero attached hydrogens (tertiary/aromatic N) is 1. The first kappa shape index (κ1) is 16.7. The van der Waals surface area contributed by atoms with Gasteiger partial charge < -0.3 is 15.3 Å². The lowest BCUT2D eigenvalue weighted by Gasteiger charge is -2.24. The van der Waals surface area contributed by atoms with E-state index in [0.29, 0.717) is 19.5 Å². The second-order valence-electron chi connectivity index (χ2n) is 4.90. The molecule has 0 fully saturated rings. The monoisotopic (exact) mass is 258 g/mol. The molecule has 1 atom stereocenters. The smallest absolute Gasteiger partial charge is 0.326 e. The first-order valence-corrected chi connectivity index (χ1v) is 6.70. The second kappa shape index (κ2) is 8.78. The highest BCUT2D eigenvalue weighted by Gasteiger charge is 2.23. The quantitative estimate of drug-likeness (QED) is 0.702. The van der Waals surface area contributed by atoms with Gasteiger partial charge in [0.15, 0.2) is 0 Å². The molecule has 0 aromatic rings. The Bertz CT molecular complexity index is 267. The molecule has 0 spiro atoms. The van der Waals surface area contributed by atoms with Crippen LogP contribution in [0.4, 0.5) is 4.79 Å². The highest BCUT2D eigenvalue weighted by Crippen LogP contribution is 2.06. The van der Waals surface area contributed by atoms with Crippen LogP contribution in [0.25, 0.3) is 0 Å². The van der Waals surface area contributed by atoms with E-state index in [-0.39, 0.29) is 11.9 Å². The number of hydrogen-bond donors (Lipinski definition) is 2. The molecule has 0 saturated carbocycles. The van der Waals surface area contributed by atoms with Gasteiger partial charge in [0.05, 0.1) is 0 Å². The molecular formula is C13H26N2O3. The van der Waals surface area contributed by atoms with Crippen molar-refractivity contribution < 1.29 is 14.7 Å². The predicted octanol–water partition coefficient (Wildman–Crippen LogP) is 2.32. The van der Waals surface area contributed by atoms with Gasteiger partial charge in [-0.1, -0.05) is 27.2 Å². The van der Waals surface area contributed by atoms with Crippen LogP contribution in [0.3, 0.4) is 0 Å². The zero-order chi connectivity index (χ0) is 14.1. The van der Waals surface area contributed by atoms with E-state index < -0.39 is 12.0 Å². The number of carbonyl (C=O) groups excluding carboxylic acids is 1. The average Bonchev–Trinajstić information content (AvgIpc) is 2.28. The van der Waals surface area contributed by atoms with Gasteiger partial charge in [-0.2, -0.15) is 0 Å². The normalized spacial score (nSPS) is 12.3. The van der Waals surface area contributed by atoms with Crippen LogP contribution in [-0.2, 0) is 4.79 Å². The highest BCUT2D eigenvalue weighted by molar-refractivity contribution is 5.82. The number of carboxylic acids is 1. The molecule has 106 valence electrons. The van der Waals surface area contributed by atoms with Crippen LogP contribution < -0.4 is 5.32 Å². The number of urea groups is 1. The van der Waals surface area contributed by atoms with Crippen molar-refractivity contribution in [3.63, 3.8) is 0 Å². The average molecular weight is 258 g/mol. The molecule has 0 saturated heterocycles. The van der Waals surface area contributed by atoms with Crippen LogP contribution in [0.15, 0.2) is 0 Å². The molecule has 0 heterocycles. The molecule has 5 heteroatoms. The van der Waals surface area contributed by atoms with E-state index in [0.717, 1.165) is 12.8 Å². The Hall–Kier alpha value is -1.26. The van der Waals surface area contributed by atoms with Crippen molar-refractivity contribution in [2.24, 2.45) is 5.92 Å². The van der Waals surface area contributed by atoms with Crippen molar-refractivity contribution in [2.45, 2.75) is 53.0 Å². The fourth-order valence-electron chi connectivity index (χ4n) is 1.69. The van der Waals surface area contributed by atoms with Gasteiger partial charge in [-0.25, -0.2) is 9.59 Å². The minimum Gasteiger partial charge on any atom is -0.480 e. The van der Waals surface area contributed by atoms with Gasteiger partial charge >= 0.3 is 12.0 Å². The van der Waals surface area contributed by atoms with Crippen molar-refractivity contribution >= 4 is 12.0 Å². The Morgan fingerprint density at radius 3 is 2.28 bits per heavy atom. The van der Waals surface area contributed by atoms with E-state index in [9.17, 15) is 9.59 Å². The third-order valence-electron chi connectivity index (χ3n) is 2.75. The maximum absolute atomic E-state index is 11.9. The number of rotatable bonds is 8. The van der Waals surface area contributed by atoms with Crippen molar-refractivity contribution in [1.29, 1.82) is 0 Å². The first-order valence-electron chi connectivity index (χ1n) is 6.70. The van der Waals surface area contributed by atoms with Crippen LogP contribution in [-0.4, -0.2) is 41.1 Å². The fourth-order valence-corrected chi connectivity index (χ4v) is 1.69. The van der Waals surface area contributed by atoms with E-state index in [1.54, 1.807) is 4.90 Å². The van der Waals surface area contributed by atoms with E-state index in [1.807, 2.05) is 20.8 Å². The van der Waals surface area contributed by atoms with E-state index in [2.05, 4.69) is 12.2 Å². The Morgan fingerprint density at radius 1 is 1.28 bits per heavy atom. The Balaban J connectivity index is 4.41. The van der Waals surface area contributed by atoms with Gasteiger partial charge in [-0.15, -0.1) is 0 Å². The Morgan fingerprint density at radius 2 is 1.89 bits per heavy atom. The van der Waals surface area contributed by atoms with E-state index in [1.165, 1.54) is 0 Å². The Labute approximate surface area is 110 Å². The van der Waals surface area contributed by atoms with Crippen LogP contribution in [0.2, 0.25) is 0 Å². The number of carboxylic acid groups (broad SMARTS) is 1. The number of amides is 2. The van der Waals surface area contributed by atoms with Crippen molar-refractivity contribution in [3.8, 4) is 0 Å². The number of aliphatic carboxylic acids is 1. The van der Waals surface area contributed by atoms with Crippen LogP contribution in [0.5, 0.6) is 0 Å².